The Balaban J connectivity index is 1.62. The summed E-state index contributed by atoms with van der Waals surface area (Å²) in [6, 6.07) is 6.44. The maximum Gasteiger partial charge on any atom is 0.410 e. The Kier molecular flexibility index (Phi) is 5.82. The van der Waals surface area contributed by atoms with E-state index in [1.165, 1.54) is 0 Å². The number of likely N-dealkylation sites (tertiary alicyclic amines) is 1. The van der Waals surface area contributed by atoms with Gasteiger partial charge in [0.1, 0.15) is 11.2 Å². The molecule has 5 rings (SSSR count). The van der Waals surface area contributed by atoms with Crippen LogP contribution in [0.5, 0.6) is 0 Å². The number of hydrogen-bond acceptors (Lipinski definition) is 4. The van der Waals surface area contributed by atoms with Crippen LogP contribution in [0.3, 0.4) is 0 Å². The number of likely N-dealkylation sites (N-methyl/N-ethyl adjacent to an activating group) is 1. The SMILES string of the molecule is CCN1Cc2cc(-c3cnc4[nH]cc(C)c4c3)cc([C@@H]3CCCN3C(=O)OC(C)(C)C)c2CC1=O. The third-order valence-electron chi connectivity index (χ3n) is 7.11. The van der Waals surface area contributed by atoms with Gasteiger partial charge in [0.05, 0.1) is 12.5 Å². The van der Waals surface area contributed by atoms with Gasteiger partial charge in [0.2, 0.25) is 5.91 Å². The second-order valence-corrected chi connectivity index (χ2v) is 10.7. The standard InChI is InChI=1S/C28H34N4O3/c1-6-31-16-20-10-18(19-12-21-17(2)14-29-26(21)30-15-19)11-23(22(20)13-25(31)33)24-8-7-9-32(24)27(34)35-28(3,4)5/h10-12,14-15,24H,6-9,13,16H2,1-5H3,(H,29,30)/t24-/m0/s1. The van der Waals surface area contributed by atoms with Gasteiger partial charge in [-0.3, -0.25) is 4.79 Å². The summed E-state index contributed by atoms with van der Waals surface area (Å²) in [7, 11) is 0. The molecule has 2 aromatic heterocycles. The third-order valence-corrected chi connectivity index (χ3v) is 7.11. The Labute approximate surface area is 206 Å². The molecule has 1 saturated heterocycles. The van der Waals surface area contributed by atoms with Crippen molar-refractivity contribution in [2.45, 2.75) is 72.1 Å². The van der Waals surface area contributed by atoms with Gasteiger partial charge in [-0.25, -0.2) is 9.78 Å². The Morgan fingerprint density at radius 3 is 2.77 bits per heavy atom. The van der Waals surface area contributed by atoms with Crippen LogP contribution in [0.4, 0.5) is 4.79 Å². The van der Waals surface area contributed by atoms with E-state index in [0.717, 1.165) is 57.3 Å². The van der Waals surface area contributed by atoms with Gasteiger partial charge in [-0.2, -0.15) is 0 Å². The molecular weight excluding hydrogens is 440 g/mol. The number of hydrogen-bond donors (Lipinski definition) is 1. The molecule has 7 nitrogen and oxygen atoms in total. The molecule has 0 spiro atoms. The van der Waals surface area contributed by atoms with Gasteiger partial charge < -0.3 is 19.5 Å². The number of ether oxygens (including phenoxy) is 1. The van der Waals surface area contributed by atoms with Crippen LogP contribution < -0.4 is 0 Å². The van der Waals surface area contributed by atoms with E-state index in [1.54, 1.807) is 0 Å². The highest BCUT2D eigenvalue weighted by atomic mass is 16.6. The minimum absolute atomic E-state index is 0.106. The van der Waals surface area contributed by atoms with E-state index in [0.29, 0.717) is 26.1 Å². The van der Waals surface area contributed by atoms with Crippen LogP contribution >= 0.6 is 0 Å². The second-order valence-electron chi connectivity index (χ2n) is 10.7. The number of nitrogens with zero attached hydrogens (tertiary/aromatic N) is 3. The zero-order valence-corrected chi connectivity index (χ0v) is 21.3. The number of pyridine rings is 1. The molecule has 2 amide bonds. The average molecular weight is 475 g/mol. The number of amides is 2. The molecule has 2 aliphatic heterocycles. The molecule has 184 valence electrons. The van der Waals surface area contributed by atoms with Gasteiger partial charge in [-0.05, 0) is 93.5 Å². The zero-order chi connectivity index (χ0) is 24.9. The van der Waals surface area contributed by atoms with Gasteiger partial charge in [-0.15, -0.1) is 0 Å². The third kappa shape index (κ3) is 4.40. The molecule has 1 atom stereocenters. The lowest BCUT2D eigenvalue weighted by molar-refractivity contribution is -0.131. The first kappa shape index (κ1) is 23.4. The smallest absolute Gasteiger partial charge is 0.410 e. The summed E-state index contributed by atoms with van der Waals surface area (Å²) in [4.78, 5) is 37.6. The van der Waals surface area contributed by atoms with Gasteiger partial charge >= 0.3 is 6.09 Å². The summed E-state index contributed by atoms with van der Waals surface area (Å²) < 4.78 is 5.74. The first-order valence-electron chi connectivity index (χ1n) is 12.5. The summed E-state index contributed by atoms with van der Waals surface area (Å²) >= 11 is 0. The number of rotatable bonds is 3. The van der Waals surface area contributed by atoms with E-state index in [1.807, 2.05) is 49.9 Å². The first-order valence-corrected chi connectivity index (χ1v) is 12.5. The van der Waals surface area contributed by atoms with Crippen molar-refractivity contribution in [3.8, 4) is 11.1 Å². The van der Waals surface area contributed by atoms with Crippen molar-refractivity contribution in [2.75, 3.05) is 13.1 Å². The Bertz CT molecular complexity index is 1300. The van der Waals surface area contributed by atoms with Crippen molar-refractivity contribution in [2.24, 2.45) is 0 Å². The molecule has 1 aromatic carbocycles. The van der Waals surface area contributed by atoms with Crippen molar-refractivity contribution in [1.82, 2.24) is 19.8 Å². The van der Waals surface area contributed by atoms with E-state index in [2.05, 4.69) is 35.1 Å². The molecule has 35 heavy (non-hydrogen) atoms. The highest BCUT2D eigenvalue weighted by molar-refractivity contribution is 5.86. The number of aryl methyl sites for hydroxylation is 1. The van der Waals surface area contributed by atoms with Crippen LogP contribution in [0, 0.1) is 6.92 Å². The van der Waals surface area contributed by atoms with Gasteiger partial charge in [0.25, 0.3) is 0 Å². The molecule has 0 saturated carbocycles. The predicted octanol–water partition coefficient (Wildman–Crippen LogP) is 5.51. The van der Waals surface area contributed by atoms with Crippen LogP contribution in [0.15, 0.2) is 30.6 Å². The quantitative estimate of drug-likeness (QED) is 0.543. The van der Waals surface area contributed by atoms with Gasteiger partial charge in [0, 0.05) is 43.0 Å². The Morgan fingerprint density at radius 1 is 1.23 bits per heavy atom. The summed E-state index contributed by atoms with van der Waals surface area (Å²) in [5, 5.41) is 1.10. The van der Waals surface area contributed by atoms with Crippen molar-refractivity contribution >= 4 is 23.0 Å². The van der Waals surface area contributed by atoms with Crippen molar-refractivity contribution in [1.29, 1.82) is 0 Å². The molecule has 4 heterocycles. The Hall–Kier alpha value is -3.35. The fourth-order valence-electron chi connectivity index (χ4n) is 5.34. The van der Waals surface area contributed by atoms with Crippen molar-refractivity contribution < 1.29 is 14.3 Å². The van der Waals surface area contributed by atoms with Gasteiger partial charge in [-0.1, -0.05) is 0 Å². The van der Waals surface area contributed by atoms with E-state index in [4.69, 9.17) is 4.74 Å². The largest absolute Gasteiger partial charge is 0.444 e. The summed E-state index contributed by atoms with van der Waals surface area (Å²) in [6.45, 7) is 11.7. The molecule has 0 bridgehead atoms. The number of benzene rings is 1. The molecule has 1 fully saturated rings. The number of carbonyl (C=O) groups excluding carboxylic acids is 2. The predicted molar refractivity (Wildman–Crippen MR) is 136 cm³/mol. The minimum Gasteiger partial charge on any atom is -0.444 e. The van der Waals surface area contributed by atoms with Crippen molar-refractivity contribution in [3.05, 3.63) is 52.8 Å². The fourth-order valence-corrected chi connectivity index (χ4v) is 5.34. The number of aromatic nitrogens is 2. The number of H-pyrrole nitrogens is 1. The lowest BCUT2D eigenvalue weighted by atomic mass is 9.86. The number of nitrogens with one attached hydrogen (secondary N) is 1. The molecule has 3 aromatic rings. The lowest BCUT2D eigenvalue weighted by Crippen LogP contribution is -2.39. The molecular formula is C28H34N4O3. The van der Waals surface area contributed by atoms with E-state index >= 15 is 0 Å². The van der Waals surface area contributed by atoms with Crippen LogP contribution in [0.1, 0.15) is 68.8 Å². The highest BCUT2D eigenvalue weighted by Crippen LogP contribution is 2.40. The first-order chi connectivity index (χ1) is 16.6. The average Bonchev–Trinajstić information content (AvgIpc) is 3.44. The van der Waals surface area contributed by atoms with Crippen LogP contribution in [-0.2, 0) is 22.5 Å². The molecule has 0 unspecified atom stereocenters. The van der Waals surface area contributed by atoms with E-state index in [-0.39, 0.29) is 18.0 Å². The van der Waals surface area contributed by atoms with Crippen LogP contribution in [0.25, 0.3) is 22.2 Å². The summed E-state index contributed by atoms with van der Waals surface area (Å²) in [5.41, 5.74) is 6.86. The number of fused-ring (bicyclic) bond motifs is 2. The molecule has 1 N–H and O–H groups in total. The van der Waals surface area contributed by atoms with Crippen LogP contribution in [0.2, 0.25) is 0 Å². The maximum absolute atomic E-state index is 13.1. The van der Waals surface area contributed by atoms with Crippen LogP contribution in [-0.4, -0.2) is 50.5 Å². The summed E-state index contributed by atoms with van der Waals surface area (Å²) in [6.07, 6.45) is 5.72. The minimum atomic E-state index is -0.557. The number of carbonyl (C=O) groups is 2. The molecule has 7 heteroatoms. The normalized spacial score (nSPS) is 18.3. The Morgan fingerprint density at radius 2 is 2.03 bits per heavy atom. The number of aromatic amines is 1. The molecule has 2 aliphatic rings. The van der Waals surface area contributed by atoms with E-state index < -0.39 is 5.60 Å². The van der Waals surface area contributed by atoms with Crippen molar-refractivity contribution in [3.63, 3.8) is 0 Å². The topological polar surface area (TPSA) is 78.5 Å². The fraction of sp³-hybridized carbons (Fsp3) is 0.464. The van der Waals surface area contributed by atoms with Gasteiger partial charge in [0.15, 0.2) is 0 Å². The highest BCUT2D eigenvalue weighted by Gasteiger charge is 2.36. The maximum atomic E-state index is 13.1. The molecule has 0 radical (unpaired) electrons. The lowest BCUT2D eigenvalue weighted by Gasteiger charge is -2.34. The summed E-state index contributed by atoms with van der Waals surface area (Å²) in [5.74, 6) is 0.141. The van der Waals surface area contributed by atoms with E-state index in [9.17, 15) is 9.59 Å². The second kappa shape index (κ2) is 8.70. The monoisotopic (exact) mass is 474 g/mol. The molecule has 0 aliphatic carbocycles. The zero-order valence-electron chi connectivity index (χ0n) is 21.3.